The van der Waals surface area contributed by atoms with Crippen LogP contribution in [0.4, 0.5) is 5.69 Å². The number of halogens is 1. The highest BCUT2D eigenvalue weighted by molar-refractivity contribution is 6.33. The van der Waals surface area contributed by atoms with E-state index < -0.39 is 0 Å². The van der Waals surface area contributed by atoms with E-state index in [1.165, 1.54) is 5.56 Å². The van der Waals surface area contributed by atoms with Gasteiger partial charge in [-0.25, -0.2) is 0 Å². The zero-order valence-corrected chi connectivity index (χ0v) is 15.7. The van der Waals surface area contributed by atoms with Crippen molar-refractivity contribution in [3.63, 3.8) is 0 Å². The Balaban J connectivity index is 1.14. The lowest BCUT2D eigenvalue weighted by atomic mass is 10.1. The van der Waals surface area contributed by atoms with E-state index in [0.29, 0.717) is 6.61 Å². The molecule has 0 N–H and O–H groups in total. The molecule has 0 amide bonds. The molecule has 0 saturated carbocycles. The van der Waals surface area contributed by atoms with Crippen molar-refractivity contribution in [1.82, 2.24) is 4.90 Å². The summed E-state index contributed by atoms with van der Waals surface area (Å²) >= 11 is 6.30. The first-order valence-electron chi connectivity index (χ1n) is 9.34. The van der Waals surface area contributed by atoms with Gasteiger partial charge < -0.3 is 14.4 Å². The minimum Gasteiger partial charge on any atom is -0.487 e. The maximum atomic E-state index is 6.30. The Kier molecular flexibility index (Phi) is 5.63. The van der Waals surface area contributed by atoms with Crippen LogP contribution in [0.25, 0.3) is 0 Å². The summed E-state index contributed by atoms with van der Waals surface area (Å²) in [5.41, 5.74) is 2.43. The second-order valence-corrected chi connectivity index (χ2v) is 7.31. The summed E-state index contributed by atoms with van der Waals surface area (Å²) in [5, 5.41) is 0.835. The van der Waals surface area contributed by atoms with Crippen molar-refractivity contribution >= 4 is 17.3 Å². The molecule has 2 aliphatic rings. The van der Waals surface area contributed by atoms with Gasteiger partial charge in [0.1, 0.15) is 11.9 Å². The normalized spacial score (nSPS) is 20.0. The van der Waals surface area contributed by atoms with Crippen LogP contribution in [0.1, 0.15) is 5.56 Å². The van der Waals surface area contributed by atoms with E-state index in [4.69, 9.17) is 21.1 Å². The largest absolute Gasteiger partial charge is 0.487 e. The van der Waals surface area contributed by atoms with Gasteiger partial charge in [0.25, 0.3) is 0 Å². The van der Waals surface area contributed by atoms with E-state index >= 15 is 0 Å². The average Bonchev–Trinajstić information content (AvgIpc) is 3.09. The van der Waals surface area contributed by atoms with Crippen LogP contribution in [0.15, 0.2) is 48.5 Å². The molecule has 1 unspecified atom stereocenters. The van der Waals surface area contributed by atoms with Crippen LogP contribution in [0.2, 0.25) is 5.02 Å². The van der Waals surface area contributed by atoms with Crippen molar-refractivity contribution in [2.45, 2.75) is 12.5 Å². The monoisotopic (exact) mass is 372 g/mol. The summed E-state index contributed by atoms with van der Waals surface area (Å²) in [7, 11) is 0. The summed E-state index contributed by atoms with van der Waals surface area (Å²) in [6.45, 7) is 6.47. The van der Waals surface area contributed by atoms with Gasteiger partial charge in [-0.3, -0.25) is 4.90 Å². The fraction of sp³-hybridized carbons (Fsp3) is 0.429. The lowest BCUT2D eigenvalue weighted by molar-refractivity contribution is 0.0467. The predicted molar refractivity (Wildman–Crippen MR) is 105 cm³/mol. The van der Waals surface area contributed by atoms with Crippen molar-refractivity contribution in [2.24, 2.45) is 0 Å². The predicted octanol–water partition coefficient (Wildman–Crippen LogP) is 3.48. The maximum Gasteiger partial charge on any atom is 0.126 e. The van der Waals surface area contributed by atoms with Gasteiger partial charge in [-0.2, -0.15) is 0 Å². The number of hydrogen-bond acceptors (Lipinski definition) is 4. The number of anilines is 1. The molecule has 2 aromatic rings. The van der Waals surface area contributed by atoms with E-state index in [-0.39, 0.29) is 6.10 Å². The molecule has 4 nitrogen and oxygen atoms in total. The number of nitrogens with zero attached hydrogens (tertiary/aromatic N) is 2. The van der Waals surface area contributed by atoms with Gasteiger partial charge >= 0.3 is 0 Å². The fourth-order valence-corrected chi connectivity index (χ4v) is 3.93. The Morgan fingerprint density at radius 1 is 1.00 bits per heavy atom. The highest BCUT2D eigenvalue weighted by Gasteiger charge is 2.23. The van der Waals surface area contributed by atoms with Gasteiger partial charge in [-0.1, -0.05) is 41.9 Å². The molecule has 0 aromatic heterocycles. The number of fused-ring (bicyclic) bond motifs is 1. The van der Waals surface area contributed by atoms with Crippen molar-refractivity contribution in [3.05, 3.63) is 59.1 Å². The molecule has 138 valence electrons. The van der Waals surface area contributed by atoms with Crippen molar-refractivity contribution < 1.29 is 9.47 Å². The Bertz CT molecular complexity index is 706. The first kappa shape index (κ1) is 17.7. The molecular formula is C21H25ClN2O2. The number of rotatable bonds is 6. The molecule has 0 spiro atoms. The van der Waals surface area contributed by atoms with Gasteiger partial charge in [-0.05, 0) is 23.8 Å². The zero-order valence-electron chi connectivity index (χ0n) is 14.9. The molecule has 26 heavy (non-hydrogen) atoms. The summed E-state index contributed by atoms with van der Waals surface area (Å²) in [4.78, 5) is 4.82. The maximum absolute atomic E-state index is 6.30. The molecule has 1 saturated heterocycles. The molecule has 0 radical (unpaired) electrons. The first-order valence-corrected chi connectivity index (χ1v) is 9.71. The van der Waals surface area contributed by atoms with Crippen molar-refractivity contribution in [2.75, 3.05) is 50.8 Å². The summed E-state index contributed by atoms with van der Waals surface area (Å²) in [5.74, 6) is 1.01. The number of hydrogen-bond donors (Lipinski definition) is 0. The summed E-state index contributed by atoms with van der Waals surface area (Å²) in [6, 6.07) is 16.3. The Morgan fingerprint density at radius 3 is 2.58 bits per heavy atom. The average molecular weight is 373 g/mol. The lowest BCUT2D eigenvalue weighted by Gasteiger charge is -2.36. The van der Waals surface area contributed by atoms with Gasteiger partial charge in [0.15, 0.2) is 0 Å². The first-order chi connectivity index (χ1) is 12.8. The molecule has 5 heteroatoms. The van der Waals surface area contributed by atoms with E-state index in [0.717, 1.165) is 62.2 Å². The van der Waals surface area contributed by atoms with Crippen LogP contribution in [-0.4, -0.2) is 56.9 Å². The van der Waals surface area contributed by atoms with E-state index in [1.807, 2.05) is 30.3 Å². The quantitative estimate of drug-likeness (QED) is 0.725. The smallest absolute Gasteiger partial charge is 0.126 e. The Hall–Kier alpha value is -1.75. The van der Waals surface area contributed by atoms with Crippen LogP contribution >= 0.6 is 11.6 Å². The Labute approximate surface area is 160 Å². The molecule has 2 aliphatic heterocycles. The van der Waals surface area contributed by atoms with Crippen LogP contribution < -0.4 is 9.64 Å². The second-order valence-electron chi connectivity index (χ2n) is 6.91. The standard InChI is InChI=1S/C21H25ClN2O2/c22-19-6-2-3-7-20(19)24-11-9-23(10-12-24)13-14-25-16-18-15-17-5-1-4-8-21(17)26-18/h1-8,18H,9-16H2. The van der Waals surface area contributed by atoms with Crippen LogP contribution in [0.5, 0.6) is 5.75 Å². The van der Waals surface area contributed by atoms with Gasteiger partial charge in [-0.15, -0.1) is 0 Å². The summed E-state index contributed by atoms with van der Waals surface area (Å²) < 4.78 is 11.8. The minimum atomic E-state index is 0.157. The number of ether oxygens (including phenoxy) is 2. The Morgan fingerprint density at radius 2 is 1.77 bits per heavy atom. The molecular weight excluding hydrogens is 348 g/mol. The minimum absolute atomic E-state index is 0.157. The number of para-hydroxylation sites is 2. The van der Waals surface area contributed by atoms with Crippen molar-refractivity contribution in [3.8, 4) is 5.75 Å². The molecule has 2 heterocycles. The van der Waals surface area contributed by atoms with Gasteiger partial charge in [0.05, 0.1) is 23.9 Å². The fourth-order valence-electron chi connectivity index (χ4n) is 3.68. The molecule has 0 bridgehead atoms. The van der Waals surface area contributed by atoms with E-state index in [1.54, 1.807) is 0 Å². The second kappa shape index (κ2) is 8.30. The van der Waals surface area contributed by atoms with Crippen LogP contribution in [-0.2, 0) is 11.2 Å². The number of piperazine rings is 1. The lowest BCUT2D eigenvalue weighted by Crippen LogP contribution is -2.47. The SMILES string of the molecule is Clc1ccccc1N1CCN(CCOCC2Cc3ccccc3O2)CC1. The highest BCUT2D eigenvalue weighted by Crippen LogP contribution is 2.28. The van der Waals surface area contributed by atoms with Crippen molar-refractivity contribution in [1.29, 1.82) is 0 Å². The van der Waals surface area contributed by atoms with Gasteiger partial charge in [0.2, 0.25) is 0 Å². The molecule has 0 aliphatic carbocycles. The zero-order chi connectivity index (χ0) is 17.8. The third-order valence-corrected chi connectivity index (χ3v) is 5.45. The van der Waals surface area contributed by atoms with Crippen LogP contribution in [0.3, 0.4) is 0 Å². The molecule has 4 rings (SSSR count). The van der Waals surface area contributed by atoms with Gasteiger partial charge in [0, 0.05) is 39.1 Å². The summed E-state index contributed by atoms with van der Waals surface area (Å²) in [6.07, 6.45) is 1.11. The van der Waals surface area contributed by atoms with E-state index in [9.17, 15) is 0 Å². The molecule has 1 atom stereocenters. The van der Waals surface area contributed by atoms with Crippen LogP contribution in [0, 0.1) is 0 Å². The molecule has 2 aromatic carbocycles. The van der Waals surface area contributed by atoms with E-state index in [2.05, 4.69) is 28.0 Å². The molecule has 1 fully saturated rings. The highest BCUT2D eigenvalue weighted by atomic mass is 35.5. The topological polar surface area (TPSA) is 24.9 Å². The number of benzene rings is 2. The third kappa shape index (κ3) is 4.14. The third-order valence-electron chi connectivity index (χ3n) is 5.13.